The number of hydrogen-bond acceptors (Lipinski definition) is 10. The zero-order chi connectivity index (χ0) is 36.7. The number of carbonyl (C=O) groups excluding carboxylic acids is 5. The molecule has 2 heterocycles. The first-order valence-electron chi connectivity index (χ1n) is 15.7. The second-order valence-electron chi connectivity index (χ2n) is 14.5. The van der Waals surface area contributed by atoms with Crippen LogP contribution in [-0.4, -0.2) is 89.3 Å². The predicted octanol–water partition coefficient (Wildman–Crippen LogP) is 3.52. The fraction of sp³-hybridized carbons (Fsp3) is 0.613. The molecule has 15 nitrogen and oxygen atoms in total. The van der Waals surface area contributed by atoms with Gasteiger partial charge in [0.05, 0.1) is 17.5 Å². The summed E-state index contributed by atoms with van der Waals surface area (Å²) in [6.07, 6.45) is -0.641. The highest BCUT2D eigenvalue weighted by molar-refractivity contribution is 7.91. The van der Waals surface area contributed by atoms with Crippen LogP contribution in [0.5, 0.6) is 0 Å². The molecule has 1 aromatic rings. The van der Waals surface area contributed by atoms with Gasteiger partial charge in [-0.3, -0.25) is 24.4 Å². The molecule has 0 aromatic carbocycles. The van der Waals surface area contributed by atoms with Crippen molar-refractivity contribution in [3.05, 3.63) is 35.1 Å². The Hall–Kier alpha value is -3.63. The number of pyridine rings is 1. The van der Waals surface area contributed by atoms with Crippen molar-refractivity contribution in [2.45, 2.75) is 102 Å². The largest absolute Gasteiger partial charge is 0.444 e. The summed E-state index contributed by atoms with van der Waals surface area (Å²) in [6.45, 7) is 13.6. The molecule has 2 aliphatic carbocycles. The van der Waals surface area contributed by atoms with Crippen LogP contribution >= 0.6 is 23.2 Å². The van der Waals surface area contributed by atoms with Gasteiger partial charge in [-0.2, -0.15) is 0 Å². The molecule has 49 heavy (non-hydrogen) atoms. The monoisotopic (exact) mass is 744 g/mol. The number of sulfonamides is 1. The lowest BCUT2D eigenvalue weighted by Gasteiger charge is -2.36. The third kappa shape index (κ3) is 9.54. The number of nitrogens with zero attached hydrogens (tertiary/aromatic N) is 2. The molecule has 3 fully saturated rings. The third-order valence-corrected chi connectivity index (χ3v) is 10.4. The third-order valence-electron chi connectivity index (χ3n) is 8.15. The Labute approximate surface area is 295 Å². The lowest BCUT2D eigenvalue weighted by Crippen LogP contribution is -2.60. The first-order chi connectivity index (χ1) is 22.5. The van der Waals surface area contributed by atoms with Crippen molar-refractivity contribution >= 4 is 68.8 Å². The average Bonchev–Trinajstić information content (AvgIpc) is 3.86. The molecule has 0 spiro atoms. The summed E-state index contributed by atoms with van der Waals surface area (Å²) in [4.78, 5) is 72.2. The van der Waals surface area contributed by atoms with Crippen LogP contribution in [0.3, 0.4) is 0 Å². The summed E-state index contributed by atoms with van der Waals surface area (Å²) < 4.78 is 38.2. The van der Waals surface area contributed by atoms with Crippen molar-refractivity contribution in [3.8, 4) is 0 Å². The number of anilines is 1. The van der Waals surface area contributed by atoms with Gasteiger partial charge in [0.1, 0.15) is 39.6 Å². The molecule has 5 atom stereocenters. The van der Waals surface area contributed by atoms with E-state index in [1.807, 2.05) is 0 Å². The fourth-order valence-electron chi connectivity index (χ4n) is 5.47. The van der Waals surface area contributed by atoms with Crippen LogP contribution in [-0.2, 0) is 33.9 Å². The van der Waals surface area contributed by atoms with E-state index in [-0.39, 0.29) is 35.4 Å². The van der Waals surface area contributed by atoms with E-state index in [4.69, 9.17) is 32.7 Å². The van der Waals surface area contributed by atoms with Crippen molar-refractivity contribution in [2.75, 3.05) is 11.9 Å². The molecule has 1 aliphatic heterocycles. The number of amides is 5. The van der Waals surface area contributed by atoms with Gasteiger partial charge in [-0.25, -0.2) is 23.0 Å². The molecule has 1 aromatic heterocycles. The summed E-state index contributed by atoms with van der Waals surface area (Å²) in [6, 6.07) is 0.182. The second kappa shape index (κ2) is 13.9. The van der Waals surface area contributed by atoms with Crippen LogP contribution in [0.1, 0.15) is 67.2 Å². The minimum Gasteiger partial charge on any atom is -0.444 e. The number of halogens is 2. The van der Waals surface area contributed by atoms with E-state index in [1.54, 1.807) is 41.5 Å². The highest BCUT2D eigenvalue weighted by atomic mass is 35.5. The molecule has 5 amide bonds. The van der Waals surface area contributed by atoms with Gasteiger partial charge in [-0.05, 0) is 57.6 Å². The summed E-state index contributed by atoms with van der Waals surface area (Å²) in [5.41, 5.74) is -3.18. The summed E-state index contributed by atoms with van der Waals surface area (Å²) in [5, 5.41) is 7.11. The second-order valence-corrected chi connectivity index (χ2v) is 17.3. The predicted molar refractivity (Wildman–Crippen MR) is 180 cm³/mol. The Bertz CT molecular complexity index is 1620. The number of alkyl carbamates (subject to hydrolysis) is 1. The topological polar surface area (TPSA) is 202 Å². The summed E-state index contributed by atoms with van der Waals surface area (Å²) >= 11 is 11.8. The molecule has 18 heteroatoms. The molecule has 5 unspecified atom stereocenters. The van der Waals surface area contributed by atoms with Gasteiger partial charge in [0, 0.05) is 12.3 Å². The standard InChI is InChI=1S/C31H42Cl2N6O9S/c1-8-16-14-31(16,26(42)38-49(45,46)19-9-10-19)37-24(40)20-13-18(47-27(43)34-17-11-21(32)35-22(33)12-17)15-39(20)25(41)23(29(2,3)4)36-28(44)48-30(5,6)7/h8,11-12,16,18-20,23H,1,9-10,13-15H2,2-7H3,(H,36,44)(H,37,40)(H,38,42)(H,34,35,43). The quantitative estimate of drug-likeness (QED) is 0.203. The lowest BCUT2D eigenvalue weighted by molar-refractivity contribution is -0.143. The van der Waals surface area contributed by atoms with Crippen molar-refractivity contribution in [1.82, 2.24) is 25.2 Å². The van der Waals surface area contributed by atoms with Gasteiger partial charge in [-0.1, -0.05) is 50.0 Å². The smallest absolute Gasteiger partial charge is 0.411 e. The number of carbonyl (C=O) groups is 5. The number of ether oxygens (including phenoxy) is 2. The summed E-state index contributed by atoms with van der Waals surface area (Å²) in [7, 11) is -3.93. The van der Waals surface area contributed by atoms with Crippen molar-refractivity contribution in [2.24, 2.45) is 11.3 Å². The fourth-order valence-corrected chi connectivity index (χ4v) is 7.29. The maximum absolute atomic E-state index is 14.2. The summed E-state index contributed by atoms with van der Waals surface area (Å²) in [5.74, 6) is -2.96. The van der Waals surface area contributed by atoms with Gasteiger partial charge >= 0.3 is 12.2 Å². The zero-order valence-electron chi connectivity index (χ0n) is 28.1. The molecule has 0 radical (unpaired) electrons. The van der Waals surface area contributed by atoms with E-state index in [2.05, 4.69) is 32.2 Å². The Kier molecular flexibility index (Phi) is 10.9. The molecule has 1 saturated heterocycles. The first kappa shape index (κ1) is 38.2. The number of hydrogen-bond donors (Lipinski definition) is 4. The average molecular weight is 746 g/mol. The minimum atomic E-state index is -3.93. The van der Waals surface area contributed by atoms with E-state index in [0.717, 1.165) is 0 Å². The molecule has 4 rings (SSSR count). The molecule has 0 bridgehead atoms. The zero-order valence-corrected chi connectivity index (χ0v) is 30.4. The van der Waals surface area contributed by atoms with Crippen LogP contribution in [0.15, 0.2) is 24.8 Å². The lowest BCUT2D eigenvalue weighted by atomic mass is 9.85. The SMILES string of the molecule is C=CC1CC1(NC(=O)C1CC(OC(=O)Nc2cc(Cl)nc(Cl)c2)CN1C(=O)C(NC(=O)OC(C)(C)C)C(C)(C)C)C(=O)NS(=O)(=O)C1CC1. The van der Waals surface area contributed by atoms with E-state index >= 15 is 0 Å². The van der Waals surface area contributed by atoms with E-state index < -0.39 is 85.8 Å². The number of nitrogens with one attached hydrogen (secondary N) is 4. The molecule has 2 saturated carbocycles. The Morgan fingerprint density at radius 3 is 2.18 bits per heavy atom. The Morgan fingerprint density at radius 1 is 1.06 bits per heavy atom. The molecule has 4 N–H and O–H groups in total. The maximum atomic E-state index is 14.2. The van der Waals surface area contributed by atoms with Crippen LogP contribution in [0.4, 0.5) is 15.3 Å². The Morgan fingerprint density at radius 2 is 1.67 bits per heavy atom. The van der Waals surface area contributed by atoms with Crippen LogP contribution in [0, 0.1) is 11.3 Å². The maximum Gasteiger partial charge on any atom is 0.411 e. The normalized spacial score (nSPS) is 24.2. The number of rotatable bonds is 10. The molecule has 3 aliphatic rings. The van der Waals surface area contributed by atoms with Crippen LogP contribution < -0.4 is 20.7 Å². The van der Waals surface area contributed by atoms with Crippen LogP contribution in [0.2, 0.25) is 10.3 Å². The first-order valence-corrected chi connectivity index (χ1v) is 18.0. The Balaban J connectivity index is 1.59. The van der Waals surface area contributed by atoms with Gasteiger partial charge in [0.2, 0.25) is 21.8 Å². The van der Waals surface area contributed by atoms with Gasteiger partial charge in [0.25, 0.3) is 5.91 Å². The number of aromatic nitrogens is 1. The minimum absolute atomic E-state index is 0.0173. The van der Waals surface area contributed by atoms with Crippen LogP contribution in [0.25, 0.3) is 0 Å². The highest BCUT2D eigenvalue weighted by Gasteiger charge is 2.62. The van der Waals surface area contributed by atoms with E-state index in [0.29, 0.717) is 12.8 Å². The molecular weight excluding hydrogens is 703 g/mol. The van der Waals surface area contributed by atoms with Crippen molar-refractivity contribution in [1.29, 1.82) is 0 Å². The van der Waals surface area contributed by atoms with Gasteiger partial charge < -0.3 is 25.0 Å². The highest BCUT2D eigenvalue weighted by Crippen LogP contribution is 2.45. The van der Waals surface area contributed by atoms with Crippen molar-refractivity contribution < 1.29 is 41.9 Å². The molecule has 270 valence electrons. The number of likely N-dealkylation sites (tertiary alicyclic amines) is 1. The van der Waals surface area contributed by atoms with Crippen molar-refractivity contribution in [3.63, 3.8) is 0 Å². The van der Waals surface area contributed by atoms with Gasteiger partial charge in [0.15, 0.2) is 0 Å². The van der Waals surface area contributed by atoms with Gasteiger partial charge in [-0.15, -0.1) is 6.58 Å². The van der Waals surface area contributed by atoms with E-state index in [9.17, 15) is 32.4 Å². The molecular formula is C31H42Cl2N6O9S. The van der Waals surface area contributed by atoms with E-state index in [1.165, 1.54) is 23.1 Å².